The molecule has 0 saturated heterocycles. The van der Waals surface area contributed by atoms with Crippen LogP contribution >= 0.6 is 0 Å². The molecule has 4 nitrogen and oxygen atoms in total. The molecule has 0 aromatic rings. The number of carbonyl (C=O) groups is 2. The Bertz CT molecular complexity index is 352. The van der Waals surface area contributed by atoms with Gasteiger partial charge in [-0.1, -0.05) is 124 Å². The topological polar surface area (TPSA) is 74.6 Å². The largest absolute Gasteiger partial charge is 0.481 e. The van der Waals surface area contributed by atoms with Crippen LogP contribution in [0.15, 0.2) is 0 Å². The van der Waals surface area contributed by atoms with Crippen LogP contribution in [-0.4, -0.2) is 22.2 Å². The zero-order valence-electron chi connectivity index (χ0n) is 20.4. The molecule has 0 aliphatic rings. The Morgan fingerprint density at radius 1 is 0.533 bits per heavy atom. The lowest BCUT2D eigenvalue weighted by Crippen LogP contribution is -2.13. The van der Waals surface area contributed by atoms with Crippen molar-refractivity contribution < 1.29 is 19.8 Å². The Hall–Kier alpha value is -1.06. The van der Waals surface area contributed by atoms with E-state index in [-0.39, 0.29) is 5.92 Å². The summed E-state index contributed by atoms with van der Waals surface area (Å²) in [6, 6.07) is 0. The minimum Gasteiger partial charge on any atom is -0.481 e. The Morgan fingerprint density at radius 3 is 1.20 bits per heavy atom. The number of aliphatic carboxylic acids is 2. The molecule has 0 aromatic heterocycles. The van der Waals surface area contributed by atoms with Crippen molar-refractivity contribution in [1.29, 1.82) is 0 Å². The number of carboxylic acids is 2. The van der Waals surface area contributed by atoms with Gasteiger partial charge in [-0.2, -0.15) is 0 Å². The van der Waals surface area contributed by atoms with Gasteiger partial charge >= 0.3 is 11.9 Å². The van der Waals surface area contributed by atoms with Gasteiger partial charge in [0.25, 0.3) is 0 Å². The van der Waals surface area contributed by atoms with Crippen LogP contribution in [-0.2, 0) is 9.59 Å². The molecular formula is C26H52O4. The molecule has 2 N–H and O–H groups in total. The molecule has 0 fully saturated rings. The van der Waals surface area contributed by atoms with Crippen molar-refractivity contribution in [3.05, 3.63) is 0 Å². The van der Waals surface area contributed by atoms with Crippen LogP contribution in [0.5, 0.6) is 0 Å². The van der Waals surface area contributed by atoms with Gasteiger partial charge < -0.3 is 10.2 Å². The average Bonchev–Trinajstić information content (AvgIpc) is 2.71. The van der Waals surface area contributed by atoms with Crippen LogP contribution in [0.1, 0.15) is 149 Å². The fourth-order valence-corrected chi connectivity index (χ4v) is 3.61. The molecule has 0 radical (unpaired) electrons. The molecule has 0 bridgehead atoms. The molecule has 0 aromatic carbocycles. The van der Waals surface area contributed by atoms with E-state index < -0.39 is 11.9 Å². The molecule has 0 aliphatic heterocycles. The lowest BCUT2D eigenvalue weighted by Gasteiger charge is -2.12. The number of carboxylic acid groups (broad SMARTS) is 2. The normalized spacial score (nSPS) is 10.7. The highest BCUT2D eigenvalue weighted by Gasteiger charge is 2.16. The molecule has 0 aliphatic carbocycles. The van der Waals surface area contributed by atoms with Crippen LogP contribution in [0.3, 0.4) is 0 Å². The van der Waals surface area contributed by atoms with Crippen LogP contribution in [0.25, 0.3) is 0 Å². The molecule has 30 heavy (non-hydrogen) atoms. The van der Waals surface area contributed by atoms with Gasteiger partial charge in [0.15, 0.2) is 0 Å². The maximum Gasteiger partial charge on any atom is 0.306 e. The Morgan fingerprint density at radius 2 is 0.867 bits per heavy atom. The zero-order chi connectivity index (χ0) is 22.9. The third kappa shape index (κ3) is 26.9. The van der Waals surface area contributed by atoms with Crippen molar-refractivity contribution in [2.24, 2.45) is 5.92 Å². The number of hydrogen-bond acceptors (Lipinski definition) is 2. The van der Waals surface area contributed by atoms with E-state index in [0.29, 0.717) is 6.42 Å². The fourth-order valence-electron chi connectivity index (χ4n) is 3.61. The zero-order valence-corrected chi connectivity index (χ0v) is 20.4. The SMILES string of the molecule is CCCCCCCC(=O)O.CCCCCCCCC(CCCCCCCC)C(=O)O. The highest BCUT2D eigenvalue weighted by molar-refractivity contribution is 5.69. The number of hydrogen-bond donors (Lipinski definition) is 2. The second-order valence-electron chi connectivity index (χ2n) is 8.71. The summed E-state index contributed by atoms with van der Waals surface area (Å²) in [7, 11) is 0. The summed E-state index contributed by atoms with van der Waals surface area (Å²) in [5, 5.41) is 17.5. The van der Waals surface area contributed by atoms with E-state index in [1.54, 1.807) is 0 Å². The summed E-state index contributed by atoms with van der Waals surface area (Å²) in [6.07, 6.45) is 22.6. The summed E-state index contributed by atoms with van der Waals surface area (Å²) in [5.41, 5.74) is 0. The third-order valence-corrected chi connectivity index (χ3v) is 5.66. The van der Waals surface area contributed by atoms with Crippen molar-refractivity contribution in [3.8, 4) is 0 Å². The molecular weight excluding hydrogens is 376 g/mol. The maximum atomic E-state index is 11.2. The van der Waals surface area contributed by atoms with E-state index in [1.807, 2.05) is 0 Å². The summed E-state index contributed by atoms with van der Waals surface area (Å²) in [4.78, 5) is 21.3. The molecule has 0 amide bonds. The minimum absolute atomic E-state index is 0.0904. The van der Waals surface area contributed by atoms with Gasteiger partial charge in [-0.15, -0.1) is 0 Å². The molecule has 180 valence electrons. The first kappa shape index (κ1) is 31.1. The maximum absolute atomic E-state index is 11.2. The van der Waals surface area contributed by atoms with Gasteiger partial charge in [-0.25, -0.2) is 0 Å². The van der Waals surface area contributed by atoms with E-state index in [2.05, 4.69) is 20.8 Å². The van der Waals surface area contributed by atoms with E-state index >= 15 is 0 Å². The highest BCUT2D eigenvalue weighted by atomic mass is 16.4. The minimum atomic E-state index is -0.670. The summed E-state index contributed by atoms with van der Waals surface area (Å²) in [5.74, 6) is -1.34. The number of unbranched alkanes of at least 4 members (excludes halogenated alkanes) is 14. The number of rotatable bonds is 21. The summed E-state index contributed by atoms with van der Waals surface area (Å²) < 4.78 is 0. The second kappa shape index (κ2) is 26.0. The van der Waals surface area contributed by atoms with Crippen molar-refractivity contribution in [2.75, 3.05) is 0 Å². The van der Waals surface area contributed by atoms with E-state index in [9.17, 15) is 14.7 Å². The van der Waals surface area contributed by atoms with Crippen molar-refractivity contribution in [2.45, 2.75) is 149 Å². The lowest BCUT2D eigenvalue weighted by atomic mass is 9.94. The van der Waals surface area contributed by atoms with E-state index in [1.165, 1.54) is 83.5 Å². The average molecular weight is 429 g/mol. The molecule has 0 unspecified atom stereocenters. The fraction of sp³-hybridized carbons (Fsp3) is 0.923. The van der Waals surface area contributed by atoms with Crippen LogP contribution in [0.2, 0.25) is 0 Å². The Labute approximate surface area is 187 Å². The first-order chi connectivity index (χ1) is 14.5. The molecule has 0 spiro atoms. The first-order valence-corrected chi connectivity index (χ1v) is 12.9. The third-order valence-electron chi connectivity index (χ3n) is 5.66. The molecule has 0 saturated carbocycles. The van der Waals surface area contributed by atoms with Crippen LogP contribution in [0.4, 0.5) is 0 Å². The quantitative estimate of drug-likeness (QED) is 0.179. The van der Waals surface area contributed by atoms with E-state index in [0.717, 1.165) is 38.5 Å². The summed E-state index contributed by atoms with van der Waals surface area (Å²) >= 11 is 0. The van der Waals surface area contributed by atoms with Crippen molar-refractivity contribution in [1.82, 2.24) is 0 Å². The molecule has 0 heterocycles. The Balaban J connectivity index is 0. The Kier molecular flexibility index (Phi) is 27.0. The second-order valence-corrected chi connectivity index (χ2v) is 8.71. The first-order valence-electron chi connectivity index (χ1n) is 12.9. The highest BCUT2D eigenvalue weighted by Crippen LogP contribution is 2.19. The van der Waals surface area contributed by atoms with Gasteiger partial charge in [-0.05, 0) is 19.3 Å². The van der Waals surface area contributed by atoms with Gasteiger partial charge in [0.2, 0.25) is 0 Å². The lowest BCUT2D eigenvalue weighted by molar-refractivity contribution is -0.142. The molecule has 4 heteroatoms. The van der Waals surface area contributed by atoms with Crippen LogP contribution < -0.4 is 0 Å². The predicted molar refractivity (Wildman–Crippen MR) is 128 cm³/mol. The van der Waals surface area contributed by atoms with Gasteiger partial charge in [0.05, 0.1) is 5.92 Å². The van der Waals surface area contributed by atoms with Crippen molar-refractivity contribution in [3.63, 3.8) is 0 Å². The van der Waals surface area contributed by atoms with E-state index in [4.69, 9.17) is 5.11 Å². The smallest absolute Gasteiger partial charge is 0.306 e. The van der Waals surface area contributed by atoms with Gasteiger partial charge in [-0.3, -0.25) is 9.59 Å². The van der Waals surface area contributed by atoms with Crippen LogP contribution in [0, 0.1) is 5.92 Å². The van der Waals surface area contributed by atoms with Crippen molar-refractivity contribution >= 4 is 11.9 Å². The molecule has 0 rings (SSSR count). The summed E-state index contributed by atoms with van der Waals surface area (Å²) in [6.45, 7) is 6.60. The van der Waals surface area contributed by atoms with Gasteiger partial charge in [0.1, 0.15) is 0 Å². The predicted octanol–water partition coefficient (Wildman–Crippen LogP) is 8.62. The standard InChI is InChI=1S/C18H36O2.C8H16O2/c1-3-5-7-9-11-13-15-17(18(19)20)16-14-12-10-8-6-4-2;1-2-3-4-5-6-7-8(9)10/h17H,3-16H2,1-2H3,(H,19,20);2-7H2,1H3,(H,9,10). The van der Waals surface area contributed by atoms with Gasteiger partial charge in [0, 0.05) is 6.42 Å². The molecule has 0 atom stereocenters. The monoisotopic (exact) mass is 428 g/mol.